The molecular weight excluding hydrogens is 318 g/mol. The largest absolute Gasteiger partial charge is 0.342 e. The van der Waals surface area contributed by atoms with Crippen LogP contribution in [0.5, 0.6) is 0 Å². The van der Waals surface area contributed by atoms with Crippen molar-refractivity contribution in [1.82, 2.24) is 34.7 Å². The summed E-state index contributed by atoms with van der Waals surface area (Å²) in [4.78, 5) is 16.4. The van der Waals surface area contributed by atoms with Gasteiger partial charge in [-0.25, -0.2) is 9.67 Å². The van der Waals surface area contributed by atoms with Gasteiger partial charge in [-0.05, 0) is 43.3 Å². The Bertz CT molecular complexity index is 1010. The van der Waals surface area contributed by atoms with Crippen LogP contribution in [0, 0.1) is 0 Å². The smallest absolute Gasteiger partial charge is 0.251 e. The van der Waals surface area contributed by atoms with Gasteiger partial charge in [-0.1, -0.05) is 6.07 Å². The normalized spacial score (nSPS) is 12.2. The van der Waals surface area contributed by atoms with Crippen LogP contribution in [0.4, 0.5) is 0 Å². The first-order chi connectivity index (χ1) is 12.2. The molecule has 0 fully saturated rings. The maximum atomic E-state index is 12.5. The van der Waals surface area contributed by atoms with Crippen LogP contribution in [-0.4, -0.2) is 35.3 Å². The van der Waals surface area contributed by atoms with E-state index in [4.69, 9.17) is 0 Å². The predicted molar refractivity (Wildman–Crippen MR) is 90.2 cm³/mol. The second-order valence-electron chi connectivity index (χ2n) is 5.57. The number of rotatable bonds is 4. The maximum Gasteiger partial charge on any atom is 0.251 e. The second-order valence-corrected chi connectivity index (χ2v) is 5.57. The molecule has 25 heavy (non-hydrogen) atoms. The molecule has 1 amide bonds. The maximum absolute atomic E-state index is 12.5. The summed E-state index contributed by atoms with van der Waals surface area (Å²) in [6.07, 6.45) is 4.94. The number of hydrogen-bond acceptors (Lipinski definition) is 5. The fraction of sp³-hybridized carbons (Fsp3) is 0.118. The molecule has 0 radical (unpaired) electrons. The molecule has 1 atom stereocenters. The molecule has 0 unspecified atom stereocenters. The van der Waals surface area contributed by atoms with Gasteiger partial charge in [0, 0.05) is 11.8 Å². The van der Waals surface area contributed by atoms with Gasteiger partial charge >= 0.3 is 0 Å². The number of nitrogens with one attached hydrogen (secondary N) is 1. The molecule has 124 valence electrons. The van der Waals surface area contributed by atoms with E-state index in [0.717, 1.165) is 11.3 Å². The summed E-state index contributed by atoms with van der Waals surface area (Å²) >= 11 is 0. The molecule has 0 spiro atoms. The molecule has 0 aliphatic carbocycles. The topological polar surface area (TPSA) is 90.0 Å². The summed E-state index contributed by atoms with van der Waals surface area (Å²) < 4.78 is 3.49. The zero-order chi connectivity index (χ0) is 17.2. The summed E-state index contributed by atoms with van der Waals surface area (Å²) in [5, 5.41) is 15.3. The van der Waals surface area contributed by atoms with Crippen molar-refractivity contribution in [3.8, 4) is 5.69 Å². The minimum absolute atomic E-state index is 0.176. The van der Waals surface area contributed by atoms with Gasteiger partial charge in [-0.15, -0.1) is 10.2 Å². The van der Waals surface area contributed by atoms with Crippen molar-refractivity contribution in [2.24, 2.45) is 0 Å². The lowest BCUT2D eigenvalue weighted by molar-refractivity contribution is 0.0938. The summed E-state index contributed by atoms with van der Waals surface area (Å²) in [6, 6.07) is 12.5. The van der Waals surface area contributed by atoms with E-state index in [-0.39, 0.29) is 11.9 Å². The van der Waals surface area contributed by atoms with Gasteiger partial charge in [0.15, 0.2) is 11.5 Å². The van der Waals surface area contributed by atoms with Crippen LogP contribution >= 0.6 is 0 Å². The van der Waals surface area contributed by atoms with E-state index in [1.54, 1.807) is 23.1 Å². The second kappa shape index (κ2) is 6.16. The zero-order valence-electron chi connectivity index (χ0n) is 13.4. The van der Waals surface area contributed by atoms with Crippen molar-refractivity contribution in [3.63, 3.8) is 0 Å². The highest BCUT2D eigenvalue weighted by molar-refractivity contribution is 5.94. The quantitative estimate of drug-likeness (QED) is 0.615. The van der Waals surface area contributed by atoms with Gasteiger partial charge in [0.1, 0.15) is 12.7 Å². The first-order valence-corrected chi connectivity index (χ1v) is 7.78. The zero-order valence-corrected chi connectivity index (χ0v) is 13.4. The molecule has 0 saturated carbocycles. The monoisotopic (exact) mass is 333 g/mol. The Morgan fingerprint density at radius 3 is 2.72 bits per heavy atom. The fourth-order valence-electron chi connectivity index (χ4n) is 2.61. The average molecular weight is 333 g/mol. The molecule has 0 saturated heterocycles. The van der Waals surface area contributed by atoms with E-state index in [9.17, 15) is 4.79 Å². The van der Waals surface area contributed by atoms with Crippen LogP contribution in [0.3, 0.4) is 0 Å². The fourth-order valence-corrected chi connectivity index (χ4v) is 2.61. The summed E-state index contributed by atoms with van der Waals surface area (Å²) in [7, 11) is 0. The number of nitrogens with zero attached hydrogens (tertiary/aromatic N) is 6. The predicted octanol–water partition coefficient (Wildman–Crippen LogP) is 1.80. The van der Waals surface area contributed by atoms with Crippen molar-refractivity contribution in [3.05, 3.63) is 72.7 Å². The lowest BCUT2D eigenvalue weighted by atomic mass is 10.2. The highest BCUT2D eigenvalue weighted by Gasteiger charge is 2.16. The third-order valence-electron chi connectivity index (χ3n) is 3.89. The number of carbonyl (C=O) groups is 1. The summed E-state index contributed by atoms with van der Waals surface area (Å²) in [6.45, 7) is 1.88. The van der Waals surface area contributed by atoms with Crippen LogP contribution in [0.1, 0.15) is 29.1 Å². The Kier molecular flexibility index (Phi) is 3.70. The van der Waals surface area contributed by atoms with E-state index < -0.39 is 0 Å². The lowest BCUT2D eigenvalue weighted by Crippen LogP contribution is -2.28. The van der Waals surface area contributed by atoms with Crippen molar-refractivity contribution in [2.45, 2.75) is 13.0 Å². The number of fused-ring (bicyclic) bond motifs is 1. The SMILES string of the molecule is C[C@@H](NC(=O)c1ccc(-n2cncn2)cc1)c1nnc2ccccn12. The minimum atomic E-state index is -0.278. The van der Waals surface area contributed by atoms with Crippen molar-refractivity contribution < 1.29 is 4.79 Å². The van der Waals surface area contributed by atoms with Crippen LogP contribution < -0.4 is 5.32 Å². The Hall–Kier alpha value is -3.55. The Labute approximate surface area is 143 Å². The van der Waals surface area contributed by atoms with Gasteiger partial charge in [-0.3, -0.25) is 9.20 Å². The van der Waals surface area contributed by atoms with Gasteiger partial charge < -0.3 is 5.32 Å². The van der Waals surface area contributed by atoms with Gasteiger partial charge in [0.2, 0.25) is 0 Å². The standard InChI is InChI=1S/C17H15N7O/c1-12(16-22-21-15-4-2-3-9-23(15)16)20-17(25)13-5-7-14(8-6-13)24-11-18-10-19-24/h2-12H,1H3,(H,20,25)/t12-/m1/s1. The molecule has 0 aliphatic heterocycles. The van der Waals surface area contributed by atoms with Crippen molar-refractivity contribution in [1.29, 1.82) is 0 Å². The van der Waals surface area contributed by atoms with Gasteiger partial charge in [-0.2, -0.15) is 5.10 Å². The minimum Gasteiger partial charge on any atom is -0.342 e. The summed E-state index contributed by atoms with van der Waals surface area (Å²) in [5.74, 6) is 0.508. The molecule has 3 heterocycles. The van der Waals surface area contributed by atoms with E-state index in [0.29, 0.717) is 11.4 Å². The van der Waals surface area contributed by atoms with Crippen LogP contribution in [-0.2, 0) is 0 Å². The average Bonchev–Trinajstić information content (AvgIpc) is 3.31. The van der Waals surface area contributed by atoms with Crippen LogP contribution in [0.2, 0.25) is 0 Å². The van der Waals surface area contributed by atoms with E-state index >= 15 is 0 Å². The van der Waals surface area contributed by atoms with Gasteiger partial charge in [0.25, 0.3) is 5.91 Å². The highest BCUT2D eigenvalue weighted by atomic mass is 16.1. The third kappa shape index (κ3) is 2.85. The Morgan fingerprint density at radius 1 is 1.12 bits per heavy atom. The molecule has 4 rings (SSSR count). The molecule has 4 aromatic rings. The Morgan fingerprint density at radius 2 is 1.96 bits per heavy atom. The molecule has 0 bridgehead atoms. The number of pyridine rings is 1. The number of aromatic nitrogens is 6. The van der Waals surface area contributed by atoms with Gasteiger partial charge in [0.05, 0.1) is 11.7 Å². The molecule has 1 N–H and O–H groups in total. The van der Waals surface area contributed by atoms with E-state index in [1.165, 1.54) is 6.33 Å². The molecule has 8 heteroatoms. The highest BCUT2D eigenvalue weighted by Crippen LogP contribution is 2.14. The number of benzene rings is 1. The first kappa shape index (κ1) is 15.0. The Balaban J connectivity index is 1.51. The molecule has 3 aromatic heterocycles. The number of carbonyl (C=O) groups excluding carboxylic acids is 1. The lowest BCUT2D eigenvalue weighted by Gasteiger charge is -2.12. The van der Waals surface area contributed by atoms with E-state index in [2.05, 4.69) is 25.6 Å². The van der Waals surface area contributed by atoms with E-state index in [1.807, 2.05) is 47.9 Å². The van der Waals surface area contributed by atoms with Crippen LogP contribution in [0.25, 0.3) is 11.3 Å². The third-order valence-corrected chi connectivity index (χ3v) is 3.89. The molecule has 1 aromatic carbocycles. The van der Waals surface area contributed by atoms with Crippen LogP contribution in [0.15, 0.2) is 61.3 Å². The van der Waals surface area contributed by atoms with Crippen molar-refractivity contribution >= 4 is 11.6 Å². The number of hydrogen-bond donors (Lipinski definition) is 1. The molecular formula is C17H15N7O. The molecule has 0 aliphatic rings. The first-order valence-electron chi connectivity index (χ1n) is 7.78. The molecule has 8 nitrogen and oxygen atoms in total. The van der Waals surface area contributed by atoms with Crippen molar-refractivity contribution in [2.75, 3.05) is 0 Å². The summed E-state index contributed by atoms with van der Waals surface area (Å²) in [5.41, 5.74) is 2.14. The number of amides is 1.